The first kappa shape index (κ1) is 31.5. The van der Waals surface area contributed by atoms with Crippen molar-refractivity contribution < 1.29 is 27.5 Å². The van der Waals surface area contributed by atoms with E-state index in [0.717, 1.165) is 21.9 Å². The van der Waals surface area contributed by atoms with Gasteiger partial charge in [0.1, 0.15) is 24.1 Å². The number of hydrogen-bond donors (Lipinski definition) is 1. The quantitative estimate of drug-likeness (QED) is 0.318. The topological polar surface area (TPSA) is 105 Å². The molecule has 3 aromatic carbocycles. The Bertz CT molecular complexity index is 1420. The Hall–Kier alpha value is -4.05. The summed E-state index contributed by atoms with van der Waals surface area (Å²) in [6, 6.07) is 19.2. The average Bonchev–Trinajstić information content (AvgIpc) is 2.98. The number of carbonyl (C=O) groups is 2. The number of ether oxygens (including phenoxy) is 2. The van der Waals surface area contributed by atoms with Gasteiger partial charge in [0.05, 0.1) is 24.8 Å². The smallest absolute Gasteiger partial charge is 0.264 e. The van der Waals surface area contributed by atoms with Crippen molar-refractivity contribution in [2.75, 3.05) is 25.1 Å². The number of methoxy groups -OCH3 is 2. The molecule has 0 heterocycles. The van der Waals surface area contributed by atoms with Crippen molar-refractivity contribution in [3.05, 3.63) is 83.9 Å². The van der Waals surface area contributed by atoms with Gasteiger partial charge < -0.3 is 19.7 Å². The minimum Gasteiger partial charge on any atom is -0.497 e. The van der Waals surface area contributed by atoms with Crippen LogP contribution in [0.5, 0.6) is 11.5 Å². The highest BCUT2D eigenvalue weighted by atomic mass is 32.2. The number of anilines is 1. The summed E-state index contributed by atoms with van der Waals surface area (Å²) in [6.07, 6.45) is 0.723. The minimum absolute atomic E-state index is 0.0334. The number of nitrogens with one attached hydrogen (secondary N) is 1. The summed E-state index contributed by atoms with van der Waals surface area (Å²) in [5, 5.41) is 2.93. The Labute approximate surface area is 243 Å². The highest BCUT2D eigenvalue weighted by Gasteiger charge is 2.34. The minimum atomic E-state index is -4.19. The maximum Gasteiger partial charge on any atom is 0.264 e. The maximum absolute atomic E-state index is 14.1. The zero-order valence-corrected chi connectivity index (χ0v) is 25.3. The van der Waals surface area contributed by atoms with Gasteiger partial charge in [-0.25, -0.2) is 8.42 Å². The fourth-order valence-corrected chi connectivity index (χ4v) is 5.59. The Morgan fingerprint density at radius 2 is 1.54 bits per heavy atom. The van der Waals surface area contributed by atoms with E-state index < -0.39 is 28.5 Å². The molecule has 0 aliphatic heterocycles. The Balaban J connectivity index is 2.05. The number of amides is 2. The summed E-state index contributed by atoms with van der Waals surface area (Å²) in [5.41, 5.74) is 1.87. The molecule has 0 radical (unpaired) electrons. The van der Waals surface area contributed by atoms with Crippen LogP contribution in [0.4, 0.5) is 5.69 Å². The molecule has 0 saturated heterocycles. The number of hydrogen-bond acceptors (Lipinski definition) is 6. The SMILES string of the molecule is CC[C@@H](C)NC(=O)[C@H](C)N(Cc1ccc(OC)cc1)C(=O)CN(c1ccccc1OC)S(=O)(=O)c1ccc(C)cc1. The van der Waals surface area contributed by atoms with Crippen molar-refractivity contribution in [3.8, 4) is 11.5 Å². The van der Waals surface area contributed by atoms with Gasteiger partial charge in [0, 0.05) is 12.6 Å². The predicted molar refractivity (Wildman–Crippen MR) is 160 cm³/mol. The number of benzene rings is 3. The molecule has 2 amide bonds. The summed E-state index contributed by atoms with van der Waals surface area (Å²) in [4.78, 5) is 28.7. The van der Waals surface area contributed by atoms with E-state index in [2.05, 4.69) is 5.32 Å². The van der Waals surface area contributed by atoms with Crippen molar-refractivity contribution in [1.82, 2.24) is 10.2 Å². The molecule has 220 valence electrons. The van der Waals surface area contributed by atoms with Crippen molar-refractivity contribution >= 4 is 27.5 Å². The standard InChI is InChI=1S/C31H39N3O6S/c1-7-23(3)32-31(36)24(4)33(20-25-14-16-26(39-5)17-15-25)30(35)21-34(28-10-8-9-11-29(28)40-6)41(37,38)27-18-12-22(2)13-19-27/h8-19,23-24H,7,20-21H2,1-6H3,(H,32,36)/t23-,24+/m1/s1. The van der Waals surface area contributed by atoms with E-state index in [1.54, 1.807) is 74.7 Å². The van der Waals surface area contributed by atoms with E-state index in [0.29, 0.717) is 11.5 Å². The van der Waals surface area contributed by atoms with Crippen molar-refractivity contribution in [2.24, 2.45) is 0 Å². The normalized spacial score (nSPS) is 12.6. The van der Waals surface area contributed by atoms with Crippen LogP contribution >= 0.6 is 0 Å². The molecular weight excluding hydrogens is 542 g/mol. The molecule has 0 fully saturated rings. The Kier molecular flexibility index (Phi) is 10.8. The second-order valence-electron chi connectivity index (χ2n) is 9.86. The first-order valence-electron chi connectivity index (χ1n) is 13.5. The van der Waals surface area contributed by atoms with Gasteiger partial charge in [-0.15, -0.1) is 0 Å². The predicted octanol–water partition coefficient (Wildman–Crippen LogP) is 4.54. The van der Waals surface area contributed by atoms with E-state index >= 15 is 0 Å². The average molecular weight is 582 g/mol. The third-order valence-electron chi connectivity index (χ3n) is 6.92. The van der Waals surface area contributed by atoms with Gasteiger partial charge in [0.25, 0.3) is 10.0 Å². The first-order chi connectivity index (χ1) is 19.5. The number of sulfonamides is 1. The highest BCUT2D eigenvalue weighted by Crippen LogP contribution is 2.32. The summed E-state index contributed by atoms with van der Waals surface area (Å²) < 4.78 is 39.7. The monoisotopic (exact) mass is 581 g/mol. The van der Waals surface area contributed by atoms with Gasteiger partial charge >= 0.3 is 0 Å². The number of para-hydroxylation sites is 2. The Morgan fingerprint density at radius 1 is 0.902 bits per heavy atom. The molecular formula is C31H39N3O6S. The molecule has 0 aliphatic rings. The molecule has 0 saturated carbocycles. The van der Waals surface area contributed by atoms with Crippen LogP contribution in [0.15, 0.2) is 77.7 Å². The van der Waals surface area contributed by atoms with Crippen molar-refractivity contribution in [1.29, 1.82) is 0 Å². The second kappa shape index (κ2) is 14.0. The summed E-state index contributed by atoms with van der Waals surface area (Å²) >= 11 is 0. The van der Waals surface area contributed by atoms with Crippen LogP contribution in [-0.4, -0.2) is 58.0 Å². The second-order valence-corrected chi connectivity index (χ2v) is 11.7. The number of carbonyl (C=O) groups excluding carboxylic acids is 2. The third kappa shape index (κ3) is 7.79. The fraction of sp³-hybridized carbons (Fsp3) is 0.355. The molecule has 10 heteroatoms. The Morgan fingerprint density at radius 3 is 2.12 bits per heavy atom. The van der Waals surface area contributed by atoms with Crippen LogP contribution in [0.3, 0.4) is 0 Å². The molecule has 2 atom stereocenters. The molecule has 0 bridgehead atoms. The molecule has 0 aliphatic carbocycles. The first-order valence-corrected chi connectivity index (χ1v) is 14.9. The lowest BCUT2D eigenvalue weighted by molar-refractivity contribution is -0.139. The molecule has 0 unspecified atom stereocenters. The van der Waals surface area contributed by atoms with Crippen LogP contribution in [-0.2, 0) is 26.2 Å². The van der Waals surface area contributed by atoms with Crippen LogP contribution < -0.4 is 19.1 Å². The maximum atomic E-state index is 14.1. The summed E-state index contributed by atoms with van der Waals surface area (Å²) in [5.74, 6) is 0.0710. The van der Waals surface area contributed by atoms with E-state index in [9.17, 15) is 18.0 Å². The largest absolute Gasteiger partial charge is 0.497 e. The molecule has 3 rings (SSSR count). The summed E-state index contributed by atoms with van der Waals surface area (Å²) in [6.45, 7) is 6.88. The van der Waals surface area contributed by atoms with Gasteiger partial charge in [0.2, 0.25) is 11.8 Å². The number of rotatable bonds is 13. The third-order valence-corrected chi connectivity index (χ3v) is 8.70. The number of nitrogens with zero attached hydrogens (tertiary/aromatic N) is 2. The van der Waals surface area contributed by atoms with Crippen LogP contribution in [0.2, 0.25) is 0 Å². The van der Waals surface area contributed by atoms with Crippen LogP contribution in [0.1, 0.15) is 38.3 Å². The molecule has 41 heavy (non-hydrogen) atoms. The van der Waals surface area contributed by atoms with E-state index in [1.807, 2.05) is 20.8 Å². The zero-order valence-electron chi connectivity index (χ0n) is 24.5. The van der Waals surface area contributed by atoms with Crippen molar-refractivity contribution in [2.45, 2.75) is 57.6 Å². The van der Waals surface area contributed by atoms with Gasteiger partial charge in [-0.3, -0.25) is 13.9 Å². The number of aryl methyl sites for hydroxylation is 1. The van der Waals surface area contributed by atoms with Crippen LogP contribution in [0.25, 0.3) is 0 Å². The van der Waals surface area contributed by atoms with E-state index in [4.69, 9.17) is 9.47 Å². The molecule has 0 spiro atoms. The van der Waals surface area contributed by atoms with Crippen molar-refractivity contribution in [3.63, 3.8) is 0 Å². The zero-order chi connectivity index (χ0) is 30.2. The lowest BCUT2D eigenvalue weighted by Gasteiger charge is -2.32. The molecule has 9 nitrogen and oxygen atoms in total. The van der Waals surface area contributed by atoms with Gasteiger partial charge in [-0.1, -0.05) is 48.9 Å². The van der Waals surface area contributed by atoms with E-state index in [-0.39, 0.29) is 29.1 Å². The molecule has 3 aromatic rings. The molecule has 1 N–H and O–H groups in total. The molecule has 0 aromatic heterocycles. The van der Waals surface area contributed by atoms with E-state index in [1.165, 1.54) is 24.1 Å². The highest BCUT2D eigenvalue weighted by molar-refractivity contribution is 7.92. The summed E-state index contributed by atoms with van der Waals surface area (Å²) in [7, 11) is -1.19. The lowest BCUT2D eigenvalue weighted by Crippen LogP contribution is -2.52. The lowest BCUT2D eigenvalue weighted by atomic mass is 10.1. The van der Waals surface area contributed by atoms with Crippen LogP contribution in [0, 0.1) is 6.92 Å². The van der Waals surface area contributed by atoms with Gasteiger partial charge in [0.15, 0.2) is 0 Å². The fourth-order valence-electron chi connectivity index (χ4n) is 4.16. The van der Waals surface area contributed by atoms with Gasteiger partial charge in [-0.05, 0) is 69.2 Å². The van der Waals surface area contributed by atoms with Gasteiger partial charge in [-0.2, -0.15) is 0 Å².